The van der Waals surface area contributed by atoms with Gasteiger partial charge in [-0.15, -0.1) is 0 Å². The van der Waals surface area contributed by atoms with Crippen LogP contribution in [0.15, 0.2) is 34.9 Å². The number of nitrogens with one attached hydrogen (secondary N) is 1. The summed E-state index contributed by atoms with van der Waals surface area (Å²) in [5.41, 5.74) is 1.83. The molecule has 2 aromatic heterocycles. The SMILES string of the molecule is CCc1cc(C(=O)NC2CCCN(c3nc4ccccc4s3)C2)on1. The predicted molar refractivity (Wildman–Crippen MR) is 98.2 cm³/mol. The number of carbonyl (C=O) groups excluding carboxylic acids is 1. The molecule has 1 aromatic carbocycles. The lowest BCUT2D eigenvalue weighted by atomic mass is 10.1. The number of benzene rings is 1. The molecule has 0 radical (unpaired) electrons. The number of piperidine rings is 1. The second-order valence-electron chi connectivity index (χ2n) is 6.26. The molecule has 1 aliphatic rings. The number of amides is 1. The first-order chi connectivity index (χ1) is 12.2. The number of anilines is 1. The van der Waals surface area contributed by atoms with Crippen LogP contribution < -0.4 is 10.2 Å². The Morgan fingerprint density at radius 3 is 3.12 bits per heavy atom. The summed E-state index contributed by atoms with van der Waals surface area (Å²) < 4.78 is 6.32. The van der Waals surface area contributed by atoms with Crippen molar-refractivity contribution in [3.8, 4) is 0 Å². The van der Waals surface area contributed by atoms with E-state index in [1.165, 1.54) is 4.70 Å². The van der Waals surface area contributed by atoms with Gasteiger partial charge in [0.1, 0.15) is 0 Å². The van der Waals surface area contributed by atoms with Gasteiger partial charge in [0.2, 0.25) is 5.76 Å². The first-order valence-corrected chi connectivity index (χ1v) is 9.41. The molecule has 7 heteroatoms. The molecule has 3 aromatic rings. The zero-order chi connectivity index (χ0) is 17.2. The summed E-state index contributed by atoms with van der Waals surface area (Å²) in [5.74, 6) is 0.0947. The second kappa shape index (κ2) is 6.84. The summed E-state index contributed by atoms with van der Waals surface area (Å²) in [4.78, 5) is 19.3. The average molecular weight is 356 g/mol. The highest BCUT2D eigenvalue weighted by Crippen LogP contribution is 2.30. The van der Waals surface area contributed by atoms with Crippen molar-refractivity contribution in [3.63, 3.8) is 0 Å². The molecular formula is C18H20N4O2S. The zero-order valence-electron chi connectivity index (χ0n) is 14.1. The average Bonchev–Trinajstić information content (AvgIpc) is 3.28. The van der Waals surface area contributed by atoms with Crippen molar-refractivity contribution in [2.24, 2.45) is 0 Å². The van der Waals surface area contributed by atoms with Crippen LogP contribution >= 0.6 is 11.3 Å². The molecule has 1 aliphatic heterocycles. The molecule has 3 heterocycles. The fraction of sp³-hybridized carbons (Fsp3) is 0.389. The van der Waals surface area contributed by atoms with Crippen LogP contribution in [0.1, 0.15) is 36.0 Å². The van der Waals surface area contributed by atoms with Gasteiger partial charge in [-0.2, -0.15) is 0 Å². The molecule has 1 atom stereocenters. The maximum Gasteiger partial charge on any atom is 0.290 e. The summed E-state index contributed by atoms with van der Waals surface area (Å²) >= 11 is 1.70. The number of hydrogen-bond donors (Lipinski definition) is 1. The van der Waals surface area contributed by atoms with Gasteiger partial charge in [-0.1, -0.05) is 35.5 Å². The van der Waals surface area contributed by atoms with Gasteiger partial charge in [0.25, 0.3) is 5.91 Å². The van der Waals surface area contributed by atoms with Crippen LogP contribution in [-0.2, 0) is 6.42 Å². The number of hydrogen-bond acceptors (Lipinski definition) is 6. The highest BCUT2D eigenvalue weighted by Gasteiger charge is 2.25. The molecule has 1 saturated heterocycles. The Morgan fingerprint density at radius 1 is 1.44 bits per heavy atom. The van der Waals surface area contributed by atoms with E-state index in [9.17, 15) is 4.79 Å². The summed E-state index contributed by atoms with van der Waals surface area (Å²) in [6.07, 6.45) is 2.74. The normalized spacial score (nSPS) is 17.8. The van der Waals surface area contributed by atoms with Crippen LogP contribution in [0, 0.1) is 0 Å². The number of nitrogens with zero attached hydrogens (tertiary/aromatic N) is 3. The molecule has 0 spiro atoms. The minimum absolute atomic E-state index is 0.0865. The number of carbonyl (C=O) groups is 1. The van der Waals surface area contributed by atoms with Gasteiger partial charge < -0.3 is 14.7 Å². The third-order valence-electron chi connectivity index (χ3n) is 4.45. The van der Waals surface area contributed by atoms with E-state index in [0.29, 0.717) is 0 Å². The maximum absolute atomic E-state index is 12.3. The molecule has 0 saturated carbocycles. The standard InChI is InChI=1S/C18H20N4O2S/c1-2-12-10-15(24-21-12)17(23)19-13-6-5-9-22(11-13)18-20-14-7-3-4-8-16(14)25-18/h3-4,7-8,10,13H,2,5-6,9,11H2,1H3,(H,19,23). The minimum atomic E-state index is -0.191. The van der Waals surface area contributed by atoms with E-state index < -0.39 is 0 Å². The van der Waals surface area contributed by atoms with Crippen molar-refractivity contribution in [2.75, 3.05) is 18.0 Å². The maximum atomic E-state index is 12.3. The van der Waals surface area contributed by atoms with Crippen molar-refractivity contribution in [2.45, 2.75) is 32.2 Å². The first-order valence-electron chi connectivity index (χ1n) is 8.60. The van der Waals surface area contributed by atoms with E-state index in [1.807, 2.05) is 25.1 Å². The van der Waals surface area contributed by atoms with Crippen molar-refractivity contribution >= 4 is 32.6 Å². The van der Waals surface area contributed by atoms with Gasteiger partial charge in [-0.05, 0) is 31.4 Å². The molecule has 0 aliphatic carbocycles. The fourth-order valence-corrected chi connectivity index (χ4v) is 4.11. The number of aromatic nitrogens is 2. The molecule has 1 fully saturated rings. The van der Waals surface area contributed by atoms with Gasteiger partial charge in [-0.3, -0.25) is 4.79 Å². The molecule has 1 amide bonds. The van der Waals surface area contributed by atoms with Crippen LogP contribution in [0.4, 0.5) is 5.13 Å². The smallest absolute Gasteiger partial charge is 0.290 e. The number of rotatable bonds is 4. The van der Waals surface area contributed by atoms with E-state index in [2.05, 4.69) is 21.4 Å². The third kappa shape index (κ3) is 3.37. The van der Waals surface area contributed by atoms with Gasteiger partial charge in [0.15, 0.2) is 5.13 Å². The van der Waals surface area contributed by atoms with E-state index in [0.717, 1.165) is 48.7 Å². The fourth-order valence-electron chi connectivity index (χ4n) is 3.11. The lowest BCUT2D eigenvalue weighted by Gasteiger charge is -2.32. The molecule has 1 unspecified atom stereocenters. The van der Waals surface area contributed by atoms with Gasteiger partial charge >= 0.3 is 0 Å². The van der Waals surface area contributed by atoms with Crippen molar-refractivity contribution < 1.29 is 9.32 Å². The van der Waals surface area contributed by atoms with Crippen LogP contribution in [0.2, 0.25) is 0 Å². The van der Waals surface area contributed by atoms with Gasteiger partial charge in [-0.25, -0.2) is 4.98 Å². The quantitative estimate of drug-likeness (QED) is 0.777. The zero-order valence-corrected chi connectivity index (χ0v) is 14.9. The van der Waals surface area contributed by atoms with Crippen molar-refractivity contribution in [1.82, 2.24) is 15.5 Å². The summed E-state index contributed by atoms with van der Waals surface area (Å²) in [7, 11) is 0. The monoisotopic (exact) mass is 356 g/mol. The number of para-hydroxylation sites is 1. The largest absolute Gasteiger partial charge is 0.351 e. The molecule has 0 bridgehead atoms. The van der Waals surface area contributed by atoms with Crippen molar-refractivity contribution in [1.29, 1.82) is 0 Å². The van der Waals surface area contributed by atoms with Crippen molar-refractivity contribution in [3.05, 3.63) is 41.8 Å². The molecule has 130 valence electrons. The molecule has 1 N–H and O–H groups in total. The van der Waals surface area contributed by atoms with Gasteiger partial charge in [0.05, 0.1) is 15.9 Å². The Balaban J connectivity index is 1.44. The lowest BCUT2D eigenvalue weighted by Crippen LogP contribution is -2.47. The summed E-state index contributed by atoms with van der Waals surface area (Å²) in [6.45, 7) is 3.71. The Bertz CT molecular complexity index is 855. The van der Waals surface area contributed by atoms with Gasteiger partial charge in [0, 0.05) is 25.2 Å². The Labute approximate surface area is 149 Å². The highest BCUT2D eigenvalue weighted by molar-refractivity contribution is 7.22. The number of aryl methyl sites for hydroxylation is 1. The Morgan fingerprint density at radius 2 is 2.32 bits per heavy atom. The Kier molecular flexibility index (Phi) is 4.40. The van der Waals surface area contributed by atoms with Crippen LogP contribution in [0.25, 0.3) is 10.2 Å². The number of fused-ring (bicyclic) bond motifs is 1. The first kappa shape index (κ1) is 16.1. The minimum Gasteiger partial charge on any atom is -0.351 e. The summed E-state index contributed by atoms with van der Waals surface area (Å²) in [5, 5.41) is 7.97. The van der Waals surface area contributed by atoms with Crippen LogP contribution in [-0.4, -0.2) is 35.2 Å². The molecule has 6 nitrogen and oxygen atoms in total. The third-order valence-corrected chi connectivity index (χ3v) is 5.55. The molecular weight excluding hydrogens is 336 g/mol. The topological polar surface area (TPSA) is 71.3 Å². The lowest BCUT2D eigenvalue weighted by molar-refractivity contribution is 0.0895. The highest BCUT2D eigenvalue weighted by atomic mass is 32.1. The predicted octanol–water partition coefficient (Wildman–Crippen LogP) is 3.25. The molecule has 4 rings (SSSR count). The van der Waals surface area contributed by atoms with Crippen LogP contribution in [0.5, 0.6) is 0 Å². The Hall–Kier alpha value is -2.41. The second-order valence-corrected chi connectivity index (χ2v) is 7.27. The molecule has 25 heavy (non-hydrogen) atoms. The van der Waals surface area contributed by atoms with E-state index in [1.54, 1.807) is 17.4 Å². The number of thiazole rings is 1. The summed E-state index contributed by atoms with van der Waals surface area (Å²) in [6, 6.07) is 9.97. The van der Waals surface area contributed by atoms with E-state index >= 15 is 0 Å². The van der Waals surface area contributed by atoms with Crippen LogP contribution in [0.3, 0.4) is 0 Å². The van der Waals surface area contributed by atoms with E-state index in [4.69, 9.17) is 9.51 Å². The van der Waals surface area contributed by atoms with E-state index in [-0.39, 0.29) is 17.7 Å².